The summed E-state index contributed by atoms with van der Waals surface area (Å²) >= 11 is 0. The molecule has 0 aromatic rings. The van der Waals surface area contributed by atoms with Gasteiger partial charge in [0.1, 0.15) is 12.1 Å². The van der Waals surface area contributed by atoms with Crippen molar-refractivity contribution in [3.8, 4) is 0 Å². The van der Waals surface area contributed by atoms with Crippen molar-refractivity contribution in [2.75, 3.05) is 6.54 Å². The molecule has 12 N–H and O–H groups in total. The summed E-state index contributed by atoms with van der Waals surface area (Å²) in [6, 6.07) is -5.14. The minimum Gasteiger partial charge on any atom is -0.481 e. The first kappa shape index (κ1) is 29.5. The second kappa shape index (κ2) is 14.6. The van der Waals surface area contributed by atoms with Gasteiger partial charge >= 0.3 is 11.9 Å². The average molecular weight is 476 g/mol. The summed E-state index contributed by atoms with van der Waals surface area (Å²) in [6.45, 7) is 2.61. The van der Waals surface area contributed by atoms with E-state index in [9.17, 15) is 29.1 Å². The van der Waals surface area contributed by atoms with Crippen LogP contribution in [0.25, 0.3) is 0 Å². The zero-order chi connectivity index (χ0) is 25.7. The molecule has 0 aliphatic heterocycles. The van der Waals surface area contributed by atoms with Gasteiger partial charge in [0, 0.05) is 13.0 Å². The van der Waals surface area contributed by atoms with Crippen LogP contribution in [-0.4, -0.2) is 87.8 Å². The van der Waals surface area contributed by atoms with E-state index in [0.29, 0.717) is 0 Å². The molecule has 15 nitrogen and oxygen atoms in total. The minimum absolute atomic E-state index is 0.0553. The number of aliphatic carboxylic acids is 2. The first-order valence-electron chi connectivity index (χ1n) is 10.1. The Hall–Kier alpha value is -3.46. The lowest BCUT2D eigenvalue weighted by molar-refractivity contribution is -0.145. The number of hydrogen-bond acceptors (Lipinski definition) is 8. The predicted molar refractivity (Wildman–Crippen MR) is 116 cm³/mol. The number of aliphatic hydroxyl groups excluding tert-OH is 1. The lowest BCUT2D eigenvalue weighted by Crippen LogP contribution is -2.57. The van der Waals surface area contributed by atoms with Crippen LogP contribution in [0.2, 0.25) is 0 Å². The minimum atomic E-state index is -1.58. The summed E-state index contributed by atoms with van der Waals surface area (Å²) in [6.07, 6.45) is -1.56. The van der Waals surface area contributed by atoms with Crippen LogP contribution in [0.5, 0.6) is 0 Å². The van der Waals surface area contributed by atoms with Gasteiger partial charge in [0.2, 0.25) is 17.7 Å². The van der Waals surface area contributed by atoms with Gasteiger partial charge in [0.25, 0.3) is 0 Å². The number of guanidine groups is 1. The molecule has 0 heterocycles. The normalized spacial score (nSPS) is 15.2. The van der Waals surface area contributed by atoms with Gasteiger partial charge in [-0.2, -0.15) is 0 Å². The number of rotatable bonds is 15. The molecule has 0 aliphatic carbocycles. The Balaban J connectivity index is 5.19. The Morgan fingerprint density at radius 1 is 0.909 bits per heavy atom. The Labute approximate surface area is 190 Å². The Morgan fingerprint density at radius 2 is 1.52 bits per heavy atom. The number of nitrogens with two attached hydrogens (primary N) is 3. The molecule has 0 aliphatic rings. The van der Waals surface area contributed by atoms with E-state index >= 15 is 0 Å². The number of nitrogens with zero attached hydrogens (tertiary/aromatic N) is 1. The van der Waals surface area contributed by atoms with E-state index in [4.69, 9.17) is 27.4 Å². The molecule has 0 fully saturated rings. The highest BCUT2D eigenvalue weighted by atomic mass is 16.4. The van der Waals surface area contributed by atoms with E-state index in [2.05, 4.69) is 20.9 Å². The van der Waals surface area contributed by atoms with Crippen molar-refractivity contribution < 1.29 is 39.3 Å². The van der Waals surface area contributed by atoms with Crippen LogP contribution >= 0.6 is 0 Å². The summed E-state index contributed by atoms with van der Waals surface area (Å²) in [5.41, 5.74) is 16.1. The van der Waals surface area contributed by atoms with Gasteiger partial charge in [-0.25, -0.2) is 4.79 Å². The largest absolute Gasteiger partial charge is 0.481 e. The number of amides is 3. The number of carbonyl (C=O) groups is 5. The number of hydrogen-bond donors (Lipinski definition) is 9. The van der Waals surface area contributed by atoms with Crippen molar-refractivity contribution in [2.24, 2.45) is 22.2 Å². The van der Waals surface area contributed by atoms with E-state index in [1.165, 1.54) is 13.8 Å². The van der Waals surface area contributed by atoms with E-state index in [1.807, 2.05) is 0 Å². The van der Waals surface area contributed by atoms with E-state index in [-0.39, 0.29) is 38.2 Å². The van der Waals surface area contributed by atoms with Crippen LogP contribution in [0.15, 0.2) is 4.99 Å². The fraction of sp³-hybridized carbons (Fsp3) is 0.667. The maximum atomic E-state index is 12.7. The fourth-order valence-electron chi connectivity index (χ4n) is 2.51. The summed E-state index contributed by atoms with van der Waals surface area (Å²) in [5.74, 6) is -5.17. The molecule has 0 saturated carbocycles. The zero-order valence-electron chi connectivity index (χ0n) is 18.5. The lowest BCUT2D eigenvalue weighted by atomic mass is 10.1. The molecule has 3 amide bonds. The van der Waals surface area contributed by atoms with E-state index in [0.717, 1.165) is 0 Å². The Morgan fingerprint density at radius 3 is 2.00 bits per heavy atom. The molecule has 5 atom stereocenters. The van der Waals surface area contributed by atoms with E-state index < -0.39 is 59.9 Å². The lowest BCUT2D eigenvalue weighted by Gasteiger charge is -2.24. The Kier molecular flexibility index (Phi) is 13.0. The molecule has 5 unspecified atom stereocenters. The van der Waals surface area contributed by atoms with E-state index in [1.54, 1.807) is 0 Å². The summed E-state index contributed by atoms with van der Waals surface area (Å²) in [5, 5.41) is 34.1. The first-order chi connectivity index (χ1) is 15.3. The van der Waals surface area contributed by atoms with Crippen molar-refractivity contribution in [1.29, 1.82) is 0 Å². The Bertz CT molecular complexity index is 739. The van der Waals surface area contributed by atoms with Gasteiger partial charge in [-0.3, -0.25) is 24.2 Å². The van der Waals surface area contributed by atoms with Crippen LogP contribution in [0.4, 0.5) is 0 Å². The molecule has 0 aromatic heterocycles. The smallest absolute Gasteiger partial charge is 0.328 e. The predicted octanol–water partition coefficient (Wildman–Crippen LogP) is -3.83. The standard InChI is InChI=1S/C18H33N7O8/c1-8(14(29)25-13(9(2)26)17(32)33)23-16(31)11(4-3-7-22-18(20)21)24-15(30)10(19)5-6-12(27)28/h8-11,13,26H,3-7,19H2,1-2H3,(H,23,31)(H,24,30)(H,25,29)(H,27,28)(H,32,33)(H4,20,21,22). The molecular formula is C18H33N7O8. The van der Waals surface area contributed by atoms with Crippen LogP contribution in [0, 0.1) is 0 Å². The maximum absolute atomic E-state index is 12.7. The van der Waals surface area contributed by atoms with Crippen molar-refractivity contribution in [3.63, 3.8) is 0 Å². The number of carboxylic acid groups (broad SMARTS) is 2. The van der Waals surface area contributed by atoms with Gasteiger partial charge in [-0.1, -0.05) is 0 Å². The molecule has 33 heavy (non-hydrogen) atoms. The molecule has 0 bridgehead atoms. The van der Waals surface area contributed by atoms with Crippen molar-refractivity contribution in [3.05, 3.63) is 0 Å². The second-order valence-electron chi connectivity index (χ2n) is 7.34. The van der Waals surface area contributed by atoms with Gasteiger partial charge in [-0.15, -0.1) is 0 Å². The van der Waals surface area contributed by atoms with Gasteiger partial charge in [-0.05, 0) is 33.1 Å². The van der Waals surface area contributed by atoms with Crippen molar-refractivity contribution in [1.82, 2.24) is 16.0 Å². The SMILES string of the molecule is CC(NC(=O)C(CCCN=C(N)N)NC(=O)C(N)CCC(=O)O)C(=O)NC(C(=O)O)C(C)O. The van der Waals surface area contributed by atoms with Crippen LogP contribution in [0.3, 0.4) is 0 Å². The monoisotopic (exact) mass is 475 g/mol. The zero-order valence-corrected chi connectivity index (χ0v) is 18.5. The highest BCUT2D eigenvalue weighted by molar-refractivity contribution is 5.94. The number of carbonyl (C=O) groups excluding carboxylic acids is 3. The van der Waals surface area contributed by atoms with Crippen molar-refractivity contribution >= 4 is 35.6 Å². The molecule has 188 valence electrons. The van der Waals surface area contributed by atoms with Crippen molar-refractivity contribution in [2.45, 2.75) is 69.8 Å². The summed E-state index contributed by atoms with van der Waals surface area (Å²) in [4.78, 5) is 62.7. The molecule has 0 spiro atoms. The highest BCUT2D eigenvalue weighted by Crippen LogP contribution is 2.03. The third-order valence-corrected chi connectivity index (χ3v) is 4.38. The summed E-state index contributed by atoms with van der Waals surface area (Å²) < 4.78 is 0. The second-order valence-corrected chi connectivity index (χ2v) is 7.34. The van der Waals surface area contributed by atoms with Gasteiger partial charge in [0.05, 0.1) is 12.1 Å². The average Bonchev–Trinajstić information content (AvgIpc) is 2.70. The van der Waals surface area contributed by atoms with Gasteiger partial charge in [0.15, 0.2) is 12.0 Å². The van der Waals surface area contributed by atoms with Gasteiger partial charge < -0.3 is 48.5 Å². The summed E-state index contributed by atoms with van der Waals surface area (Å²) in [7, 11) is 0. The number of aliphatic hydroxyl groups is 1. The molecule has 0 aromatic carbocycles. The third-order valence-electron chi connectivity index (χ3n) is 4.38. The third kappa shape index (κ3) is 12.2. The number of aliphatic imine (C=N–C) groups is 1. The highest BCUT2D eigenvalue weighted by Gasteiger charge is 2.30. The fourth-order valence-corrected chi connectivity index (χ4v) is 2.51. The maximum Gasteiger partial charge on any atom is 0.328 e. The molecule has 0 saturated heterocycles. The number of nitrogens with one attached hydrogen (secondary N) is 3. The first-order valence-corrected chi connectivity index (χ1v) is 10.1. The van der Waals surface area contributed by atoms with Crippen LogP contribution in [0.1, 0.15) is 39.5 Å². The van der Waals surface area contributed by atoms with Crippen LogP contribution < -0.4 is 33.2 Å². The molecule has 0 rings (SSSR count). The quantitative estimate of drug-likeness (QED) is 0.0628. The van der Waals surface area contributed by atoms with Crippen LogP contribution in [-0.2, 0) is 24.0 Å². The topological polar surface area (TPSA) is 273 Å². The molecule has 0 radical (unpaired) electrons. The molecule has 15 heteroatoms. The number of carboxylic acids is 2. The molecular weight excluding hydrogens is 442 g/mol.